The summed E-state index contributed by atoms with van der Waals surface area (Å²) in [6.07, 6.45) is 0. The summed E-state index contributed by atoms with van der Waals surface area (Å²) in [4.78, 5) is 4.69. The number of nitrogens with zero attached hydrogens (tertiary/aromatic N) is 1. The average Bonchev–Trinajstić information content (AvgIpc) is 2.31. The van der Waals surface area contributed by atoms with Gasteiger partial charge in [0.05, 0.1) is 12.1 Å². The van der Waals surface area contributed by atoms with E-state index in [0.29, 0.717) is 6.61 Å². The Hall–Kier alpha value is -1.61. The van der Waals surface area contributed by atoms with E-state index >= 15 is 0 Å². The van der Waals surface area contributed by atoms with Crippen molar-refractivity contribution in [2.45, 2.75) is 20.5 Å². The number of benzene rings is 1. The fraction of sp³-hybridized carbons (Fsp3) is 0.357. The summed E-state index contributed by atoms with van der Waals surface area (Å²) in [6, 6.07) is 8.36. The number of anilines is 1. The van der Waals surface area contributed by atoms with Gasteiger partial charge in [-0.2, -0.15) is 0 Å². The van der Waals surface area contributed by atoms with Gasteiger partial charge in [0.2, 0.25) is 0 Å². The lowest BCUT2D eigenvalue weighted by Gasteiger charge is -2.10. The lowest BCUT2D eigenvalue weighted by Crippen LogP contribution is -2.03. The Kier molecular flexibility index (Phi) is 3.59. The van der Waals surface area contributed by atoms with Crippen LogP contribution in [0.15, 0.2) is 24.3 Å². The fourth-order valence-electron chi connectivity index (χ4n) is 1.98. The molecule has 0 unspecified atom stereocenters. The number of ether oxygens (including phenoxy) is 1. The molecule has 1 heterocycles. The largest absolute Gasteiger partial charge is 0.380 e. The van der Waals surface area contributed by atoms with E-state index in [4.69, 9.17) is 9.72 Å². The maximum Gasteiger partial charge on any atom is 0.129 e. The number of fused-ring (bicyclic) bond motifs is 1. The summed E-state index contributed by atoms with van der Waals surface area (Å²) < 4.78 is 5.21. The van der Waals surface area contributed by atoms with Crippen LogP contribution in [0.3, 0.4) is 0 Å². The monoisotopic (exact) mass is 230 g/mol. The first-order chi connectivity index (χ1) is 8.26. The van der Waals surface area contributed by atoms with E-state index in [0.717, 1.165) is 23.4 Å². The predicted octanol–water partition coefficient (Wildman–Crippen LogP) is 3.12. The molecule has 0 amide bonds. The molecule has 0 saturated heterocycles. The van der Waals surface area contributed by atoms with Crippen molar-refractivity contribution in [1.29, 1.82) is 0 Å². The fourth-order valence-corrected chi connectivity index (χ4v) is 1.98. The van der Waals surface area contributed by atoms with Crippen molar-refractivity contribution in [1.82, 2.24) is 4.98 Å². The van der Waals surface area contributed by atoms with E-state index in [9.17, 15) is 0 Å². The molecule has 1 N–H and O–H groups in total. The van der Waals surface area contributed by atoms with E-state index in [2.05, 4.69) is 37.4 Å². The molecule has 1 aromatic heterocycles. The van der Waals surface area contributed by atoms with Crippen LogP contribution in [0, 0.1) is 6.92 Å². The number of hydrogen-bond acceptors (Lipinski definition) is 3. The number of nitrogens with one attached hydrogen (secondary N) is 1. The highest BCUT2D eigenvalue weighted by Crippen LogP contribution is 2.23. The van der Waals surface area contributed by atoms with Crippen LogP contribution in [-0.4, -0.2) is 18.6 Å². The van der Waals surface area contributed by atoms with Crippen LogP contribution in [0.5, 0.6) is 0 Å². The van der Waals surface area contributed by atoms with Crippen LogP contribution in [0.1, 0.15) is 18.1 Å². The smallest absolute Gasteiger partial charge is 0.129 e. The third-order valence-corrected chi connectivity index (χ3v) is 2.76. The number of rotatable bonds is 4. The van der Waals surface area contributed by atoms with E-state index in [1.54, 1.807) is 7.11 Å². The number of hydrogen-bond donors (Lipinski definition) is 1. The summed E-state index contributed by atoms with van der Waals surface area (Å²) >= 11 is 0. The quantitative estimate of drug-likeness (QED) is 0.876. The summed E-state index contributed by atoms with van der Waals surface area (Å²) in [5.74, 6) is 0.962. The molecule has 0 bridgehead atoms. The first kappa shape index (κ1) is 11.9. The van der Waals surface area contributed by atoms with Crippen molar-refractivity contribution in [2.24, 2.45) is 0 Å². The summed E-state index contributed by atoms with van der Waals surface area (Å²) in [5.41, 5.74) is 3.33. The lowest BCUT2D eigenvalue weighted by molar-refractivity contribution is 0.186. The zero-order valence-corrected chi connectivity index (χ0v) is 10.6. The molecular weight excluding hydrogens is 212 g/mol. The van der Waals surface area contributed by atoms with Gasteiger partial charge in [-0.25, -0.2) is 4.98 Å². The Bertz CT molecular complexity index is 523. The van der Waals surface area contributed by atoms with Gasteiger partial charge >= 0.3 is 0 Å². The minimum absolute atomic E-state index is 0.596. The van der Waals surface area contributed by atoms with Crippen LogP contribution in [0.2, 0.25) is 0 Å². The molecule has 2 aromatic rings. The number of pyridine rings is 1. The van der Waals surface area contributed by atoms with Crippen LogP contribution in [-0.2, 0) is 11.3 Å². The molecule has 3 heteroatoms. The number of aromatic nitrogens is 1. The molecule has 0 spiro atoms. The molecule has 0 saturated carbocycles. The molecule has 0 fully saturated rings. The van der Waals surface area contributed by atoms with E-state index in [1.165, 1.54) is 10.9 Å². The Morgan fingerprint density at radius 2 is 2.18 bits per heavy atom. The second kappa shape index (κ2) is 5.15. The molecule has 2 rings (SSSR count). The minimum Gasteiger partial charge on any atom is -0.380 e. The molecule has 0 atom stereocenters. The molecule has 3 nitrogen and oxygen atoms in total. The maximum atomic E-state index is 5.21. The molecule has 1 aromatic carbocycles. The van der Waals surface area contributed by atoms with Crippen molar-refractivity contribution in [3.8, 4) is 0 Å². The van der Waals surface area contributed by atoms with Crippen molar-refractivity contribution >= 4 is 16.7 Å². The van der Waals surface area contributed by atoms with Crippen LogP contribution in [0.25, 0.3) is 10.9 Å². The molecule has 17 heavy (non-hydrogen) atoms. The number of para-hydroxylation sites is 1. The zero-order valence-electron chi connectivity index (χ0n) is 10.6. The van der Waals surface area contributed by atoms with Gasteiger partial charge in [-0.15, -0.1) is 0 Å². The third kappa shape index (κ3) is 2.39. The first-order valence-electron chi connectivity index (χ1n) is 5.88. The Morgan fingerprint density at radius 1 is 1.35 bits per heavy atom. The maximum absolute atomic E-state index is 5.21. The Balaban J connectivity index is 2.58. The molecular formula is C14H18N2O. The van der Waals surface area contributed by atoms with Gasteiger partial charge in [0.25, 0.3) is 0 Å². The topological polar surface area (TPSA) is 34.2 Å². The third-order valence-electron chi connectivity index (χ3n) is 2.76. The molecule has 90 valence electrons. The number of methoxy groups -OCH3 is 1. The summed E-state index contributed by atoms with van der Waals surface area (Å²) in [5, 5.41) is 4.45. The van der Waals surface area contributed by atoms with E-state index < -0.39 is 0 Å². The van der Waals surface area contributed by atoms with Crippen molar-refractivity contribution in [3.05, 3.63) is 35.4 Å². The molecule has 0 radical (unpaired) electrons. The second-order valence-electron chi connectivity index (χ2n) is 4.11. The zero-order chi connectivity index (χ0) is 12.3. The van der Waals surface area contributed by atoms with Crippen molar-refractivity contribution < 1.29 is 4.74 Å². The first-order valence-corrected chi connectivity index (χ1v) is 5.88. The van der Waals surface area contributed by atoms with Gasteiger partial charge in [-0.1, -0.05) is 18.2 Å². The average molecular weight is 230 g/mol. The minimum atomic E-state index is 0.596. The van der Waals surface area contributed by atoms with Gasteiger partial charge < -0.3 is 10.1 Å². The van der Waals surface area contributed by atoms with Crippen LogP contribution < -0.4 is 5.32 Å². The highest BCUT2D eigenvalue weighted by Gasteiger charge is 2.06. The predicted molar refractivity (Wildman–Crippen MR) is 71.4 cm³/mol. The number of aryl methyl sites for hydroxylation is 1. The summed E-state index contributed by atoms with van der Waals surface area (Å²) in [7, 11) is 1.71. The van der Waals surface area contributed by atoms with E-state index in [-0.39, 0.29) is 0 Å². The van der Waals surface area contributed by atoms with Crippen molar-refractivity contribution in [3.63, 3.8) is 0 Å². The molecule has 0 aliphatic carbocycles. The highest BCUT2D eigenvalue weighted by molar-refractivity contribution is 5.84. The SMILES string of the molecule is CCNc1nc2c(COC)cccc2cc1C. The molecule has 0 aliphatic rings. The molecule has 0 aliphatic heterocycles. The van der Waals surface area contributed by atoms with Gasteiger partial charge in [0.1, 0.15) is 5.82 Å². The summed E-state index contributed by atoms with van der Waals surface area (Å²) in [6.45, 7) is 5.63. The Labute approximate surface area is 102 Å². The van der Waals surface area contributed by atoms with Gasteiger partial charge in [0.15, 0.2) is 0 Å². The normalized spacial score (nSPS) is 10.8. The highest BCUT2D eigenvalue weighted by atomic mass is 16.5. The van der Waals surface area contributed by atoms with Crippen molar-refractivity contribution in [2.75, 3.05) is 19.0 Å². The second-order valence-corrected chi connectivity index (χ2v) is 4.11. The van der Waals surface area contributed by atoms with Gasteiger partial charge in [0, 0.05) is 24.6 Å². The van der Waals surface area contributed by atoms with Gasteiger partial charge in [-0.3, -0.25) is 0 Å². The lowest BCUT2D eigenvalue weighted by atomic mass is 10.1. The van der Waals surface area contributed by atoms with Gasteiger partial charge in [-0.05, 0) is 25.5 Å². The van der Waals surface area contributed by atoms with E-state index in [1.807, 2.05) is 6.07 Å². The van der Waals surface area contributed by atoms with Crippen LogP contribution >= 0.6 is 0 Å². The Morgan fingerprint density at radius 3 is 2.88 bits per heavy atom. The standard InChI is InChI=1S/C14H18N2O/c1-4-15-14-10(2)8-11-6-5-7-12(9-17-3)13(11)16-14/h5-8H,4,9H2,1-3H3,(H,15,16). The van der Waals surface area contributed by atoms with Crippen LogP contribution in [0.4, 0.5) is 5.82 Å².